The Morgan fingerprint density at radius 3 is 2.93 bits per heavy atom. The normalized spacial score (nSPS) is 10.0. The van der Waals surface area contributed by atoms with E-state index in [-0.39, 0.29) is 5.91 Å². The van der Waals surface area contributed by atoms with E-state index in [1.165, 1.54) is 0 Å². The van der Waals surface area contributed by atoms with Gasteiger partial charge in [0.15, 0.2) is 0 Å². The number of benzene rings is 1. The maximum atomic E-state index is 11.3. The summed E-state index contributed by atoms with van der Waals surface area (Å²) >= 11 is 3.40. The van der Waals surface area contributed by atoms with E-state index < -0.39 is 0 Å². The fourth-order valence-electron chi connectivity index (χ4n) is 1.27. The predicted molar refractivity (Wildman–Crippen MR) is 65.5 cm³/mol. The van der Waals surface area contributed by atoms with Crippen molar-refractivity contribution >= 4 is 21.8 Å². The van der Waals surface area contributed by atoms with Gasteiger partial charge in [0.2, 0.25) is 5.91 Å². The van der Waals surface area contributed by atoms with Crippen LogP contribution in [-0.4, -0.2) is 5.91 Å². The molecule has 0 atom stereocenters. The van der Waals surface area contributed by atoms with E-state index in [1.807, 2.05) is 24.3 Å². The first-order chi connectivity index (χ1) is 7.22. The Labute approximate surface area is 99.2 Å². The lowest BCUT2D eigenvalue weighted by Crippen LogP contribution is -2.22. The number of amides is 1. The topological polar surface area (TPSA) is 29.1 Å². The molecule has 2 nitrogen and oxygen atoms in total. The monoisotopic (exact) mass is 269 g/mol. The molecule has 1 amide bonds. The first-order valence-corrected chi connectivity index (χ1v) is 6.03. The van der Waals surface area contributed by atoms with Crippen LogP contribution in [0.4, 0.5) is 0 Å². The molecule has 0 fully saturated rings. The second-order valence-corrected chi connectivity index (χ2v) is 4.43. The molecule has 82 valence electrons. The number of hydrogen-bond donors (Lipinski definition) is 1. The summed E-state index contributed by atoms with van der Waals surface area (Å²) in [5.74, 6) is 0.136. The van der Waals surface area contributed by atoms with Crippen molar-refractivity contribution in [3.8, 4) is 0 Å². The Hall–Kier alpha value is -0.830. The summed E-state index contributed by atoms with van der Waals surface area (Å²) in [7, 11) is 0. The van der Waals surface area contributed by atoms with Gasteiger partial charge in [-0.3, -0.25) is 4.79 Å². The fraction of sp³-hybridized carbons (Fsp3) is 0.417. The predicted octanol–water partition coefficient (Wildman–Crippen LogP) is 3.26. The van der Waals surface area contributed by atoms with Crippen molar-refractivity contribution in [3.63, 3.8) is 0 Å². The summed E-state index contributed by atoms with van der Waals surface area (Å²) in [6.45, 7) is 2.70. The smallest absolute Gasteiger partial charge is 0.220 e. The van der Waals surface area contributed by atoms with Crippen LogP contribution in [-0.2, 0) is 11.3 Å². The van der Waals surface area contributed by atoms with Crippen molar-refractivity contribution in [2.75, 3.05) is 0 Å². The SMILES string of the molecule is CCCCC(=O)NCc1cccc(Br)c1. The van der Waals surface area contributed by atoms with Crippen molar-refractivity contribution in [2.45, 2.75) is 32.7 Å². The molecule has 0 saturated carbocycles. The average Bonchev–Trinajstić information content (AvgIpc) is 2.23. The van der Waals surface area contributed by atoms with Crippen LogP contribution in [0, 0.1) is 0 Å². The Bertz CT molecular complexity index is 325. The minimum Gasteiger partial charge on any atom is -0.352 e. The quantitative estimate of drug-likeness (QED) is 0.874. The highest BCUT2D eigenvalue weighted by atomic mass is 79.9. The second kappa shape index (κ2) is 6.62. The minimum atomic E-state index is 0.136. The van der Waals surface area contributed by atoms with Crippen LogP contribution in [0.3, 0.4) is 0 Å². The van der Waals surface area contributed by atoms with Gasteiger partial charge in [0, 0.05) is 17.4 Å². The highest BCUT2D eigenvalue weighted by molar-refractivity contribution is 9.10. The van der Waals surface area contributed by atoms with Crippen molar-refractivity contribution < 1.29 is 4.79 Å². The van der Waals surface area contributed by atoms with Crippen molar-refractivity contribution in [3.05, 3.63) is 34.3 Å². The fourth-order valence-corrected chi connectivity index (χ4v) is 1.72. The molecule has 0 heterocycles. The van der Waals surface area contributed by atoms with E-state index in [0.717, 1.165) is 22.9 Å². The first kappa shape index (κ1) is 12.2. The molecule has 1 aromatic rings. The van der Waals surface area contributed by atoms with Gasteiger partial charge in [0.05, 0.1) is 0 Å². The molecule has 0 saturated heterocycles. The molecule has 1 N–H and O–H groups in total. The number of halogens is 1. The van der Waals surface area contributed by atoms with E-state index in [1.54, 1.807) is 0 Å². The number of carbonyl (C=O) groups is 1. The Balaban J connectivity index is 2.33. The van der Waals surface area contributed by atoms with Crippen LogP contribution in [0.15, 0.2) is 28.7 Å². The molecule has 0 bridgehead atoms. The number of carbonyl (C=O) groups excluding carboxylic acids is 1. The van der Waals surface area contributed by atoms with Crippen LogP contribution in [0.1, 0.15) is 31.7 Å². The van der Waals surface area contributed by atoms with Crippen LogP contribution in [0.25, 0.3) is 0 Å². The molecular weight excluding hydrogens is 254 g/mol. The maximum Gasteiger partial charge on any atom is 0.220 e. The zero-order valence-corrected chi connectivity index (χ0v) is 10.5. The molecular formula is C12H16BrNO. The highest BCUT2D eigenvalue weighted by Gasteiger charge is 2.00. The van der Waals surface area contributed by atoms with Crippen molar-refractivity contribution in [1.29, 1.82) is 0 Å². The second-order valence-electron chi connectivity index (χ2n) is 3.51. The van der Waals surface area contributed by atoms with Gasteiger partial charge in [-0.05, 0) is 24.1 Å². The van der Waals surface area contributed by atoms with E-state index in [9.17, 15) is 4.79 Å². The van der Waals surface area contributed by atoms with E-state index in [2.05, 4.69) is 28.2 Å². The molecule has 0 aliphatic rings. The number of rotatable bonds is 5. The van der Waals surface area contributed by atoms with Gasteiger partial charge >= 0.3 is 0 Å². The van der Waals surface area contributed by atoms with Gasteiger partial charge < -0.3 is 5.32 Å². The third kappa shape index (κ3) is 4.98. The zero-order valence-electron chi connectivity index (χ0n) is 8.92. The first-order valence-electron chi connectivity index (χ1n) is 5.23. The highest BCUT2D eigenvalue weighted by Crippen LogP contribution is 2.11. The lowest BCUT2D eigenvalue weighted by Gasteiger charge is -2.05. The maximum absolute atomic E-state index is 11.3. The summed E-state index contributed by atoms with van der Waals surface area (Å²) in [5.41, 5.74) is 1.12. The summed E-state index contributed by atoms with van der Waals surface area (Å²) in [4.78, 5) is 11.3. The molecule has 0 aromatic heterocycles. The molecule has 15 heavy (non-hydrogen) atoms. The third-order valence-corrected chi connectivity index (χ3v) is 2.63. The Kier molecular flexibility index (Phi) is 5.40. The minimum absolute atomic E-state index is 0.136. The molecule has 0 radical (unpaired) electrons. The van der Waals surface area contributed by atoms with Gasteiger partial charge in [0.1, 0.15) is 0 Å². The molecule has 0 unspecified atom stereocenters. The van der Waals surface area contributed by atoms with Gasteiger partial charge in [-0.2, -0.15) is 0 Å². The number of nitrogens with one attached hydrogen (secondary N) is 1. The van der Waals surface area contributed by atoms with Crippen LogP contribution >= 0.6 is 15.9 Å². The van der Waals surface area contributed by atoms with Crippen molar-refractivity contribution in [2.24, 2.45) is 0 Å². The number of hydrogen-bond acceptors (Lipinski definition) is 1. The van der Waals surface area contributed by atoms with Crippen LogP contribution in [0.2, 0.25) is 0 Å². The molecule has 1 rings (SSSR count). The summed E-state index contributed by atoms with van der Waals surface area (Å²) in [5, 5.41) is 2.90. The summed E-state index contributed by atoms with van der Waals surface area (Å²) in [6, 6.07) is 7.96. The van der Waals surface area contributed by atoms with Gasteiger partial charge in [-0.1, -0.05) is 41.4 Å². The Morgan fingerprint density at radius 1 is 1.47 bits per heavy atom. The lowest BCUT2D eigenvalue weighted by atomic mass is 10.2. The number of unbranched alkanes of at least 4 members (excludes halogenated alkanes) is 1. The van der Waals surface area contributed by atoms with Crippen LogP contribution in [0.5, 0.6) is 0 Å². The molecule has 3 heteroatoms. The van der Waals surface area contributed by atoms with Gasteiger partial charge in [0.25, 0.3) is 0 Å². The van der Waals surface area contributed by atoms with Crippen LogP contribution < -0.4 is 5.32 Å². The van der Waals surface area contributed by atoms with Crippen molar-refractivity contribution in [1.82, 2.24) is 5.32 Å². The van der Waals surface area contributed by atoms with E-state index >= 15 is 0 Å². The van der Waals surface area contributed by atoms with Gasteiger partial charge in [-0.25, -0.2) is 0 Å². The molecule has 1 aromatic carbocycles. The van der Waals surface area contributed by atoms with Gasteiger partial charge in [-0.15, -0.1) is 0 Å². The summed E-state index contributed by atoms with van der Waals surface area (Å²) < 4.78 is 1.04. The molecule has 0 aliphatic carbocycles. The third-order valence-electron chi connectivity index (χ3n) is 2.14. The zero-order chi connectivity index (χ0) is 11.1. The Morgan fingerprint density at radius 2 is 2.27 bits per heavy atom. The van der Waals surface area contributed by atoms with E-state index in [4.69, 9.17) is 0 Å². The largest absolute Gasteiger partial charge is 0.352 e. The molecule has 0 spiro atoms. The average molecular weight is 270 g/mol. The molecule has 0 aliphatic heterocycles. The van der Waals surface area contributed by atoms with E-state index in [0.29, 0.717) is 13.0 Å². The lowest BCUT2D eigenvalue weighted by molar-refractivity contribution is -0.121. The summed E-state index contributed by atoms with van der Waals surface area (Å²) in [6.07, 6.45) is 2.65. The standard InChI is InChI=1S/C12H16BrNO/c1-2-3-7-12(15)14-9-10-5-4-6-11(13)8-10/h4-6,8H,2-3,7,9H2,1H3,(H,14,15).